The van der Waals surface area contributed by atoms with Crippen molar-refractivity contribution in [2.45, 2.75) is 0 Å². The first-order valence-electron chi connectivity index (χ1n) is 8.37. The molecule has 4 rings (SSSR count). The summed E-state index contributed by atoms with van der Waals surface area (Å²) in [5, 5.41) is 12.5. The number of carboxylic acid groups (broad SMARTS) is 1. The number of rotatable bonds is 4. The van der Waals surface area contributed by atoms with Gasteiger partial charge in [-0.3, -0.25) is 4.79 Å². The van der Waals surface area contributed by atoms with Crippen LogP contribution in [0.15, 0.2) is 81.0 Å². The van der Waals surface area contributed by atoms with E-state index >= 15 is 0 Å². The Morgan fingerprint density at radius 1 is 1.04 bits per heavy atom. The van der Waals surface area contributed by atoms with Crippen LogP contribution in [0.5, 0.6) is 0 Å². The molecule has 7 heteroatoms. The molecule has 0 saturated carbocycles. The Bertz CT molecular complexity index is 1120. The van der Waals surface area contributed by atoms with Gasteiger partial charge in [0, 0.05) is 11.6 Å². The van der Waals surface area contributed by atoms with E-state index in [0.29, 0.717) is 27.2 Å². The lowest BCUT2D eigenvalue weighted by Crippen LogP contribution is -2.19. The first-order valence-corrected chi connectivity index (χ1v) is 9.19. The molecular weight excluding hydrogens is 376 g/mol. The van der Waals surface area contributed by atoms with Crippen molar-refractivity contribution in [2.75, 3.05) is 0 Å². The second-order valence-corrected chi connectivity index (χ2v) is 6.90. The van der Waals surface area contributed by atoms with Crippen LogP contribution in [0.4, 0.5) is 5.69 Å². The first-order chi connectivity index (χ1) is 13.6. The second-order valence-electron chi connectivity index (χ2n) is 5.87. The van der Waals surface area contributed by atoms with Gasteiger partial charge in [0.05, 0.1) is 16.2 Å². The Morgan fingerprint density at radius 2 is 1.79 bits per heavy atom. The highest BCUT2D eigenvalue weighted by molar-refractivity contribution is 8.18. The normalized spacial score (nSPS) is 16.5. The van der Waals surface area contributed by atoms with Gasteiger partial charge in [-0.15, -0.1) is 0 Å². The molecule has 138 valence electrons. The Morgan fingerprint density at radius 3 is 2.57 bits per heavy atom. The molecule has 0 aliphatic carbocycles. The number of amidine groups is 1. The Labute approximate surface area is 164 Å². The van der Waals surface area contributed by atoms with Crippen LogP contribution in [-0.4, -0.2) is 22.2 Å². The van der Waals surface area contributed by atoms with E-state index in [4.69, 9.17) is 4.42 Å². The van der Waals surface area contributed by atoms with Crippen LogP contribution >= 0.6 is 11.8 Å². The number of furan rings is 1. The van der Waals surface area contributed by atoms with E-state index in [1.165, 1.54) is 17.8 Å². The molecule has 1 fully saturated rings. The van der Waals surface area contributed by atoms with E-state index in [0.717, 1.165) is 5.69 Å². The molecule has 0 unspecified atom stereocenters. The number of hydrogen-bond donors (Lipinski definition) is 2. The van der Waals surface area contributed by atoms with Crippen molar-refractivity contribution in [1.82, 2.24) is 5.32 Å². The number of hydrogen-bond acceptors (Lipinski definition) is 5. The zero-order chi connectivity index (χ0) is 19.5. The molecule has 0 atom stereocenters. The van der Waals surface area contributed by atoms with Crippen LogP contribution in [0.1, 0.15) is 16.1 Å². The van der Waals surface area contributed by atoms with Gasteiger partial charge in [-0.25, -0.2) is 9.79 Å². The van der Waals surface area contributed by atoms with Crippen LogP contribution in [0.2, 0.25) is 0 Å². The molecule has 2 N–H and O–H groups in total. The number of para-hydroxylation sites is 1. The molecule has 1 amide bonds. The second kappa shape index (κ2) is 7.58. The minimum absolute atomic E-state index is 0.154. The lowest BCUT2D eigenvalue weighted by atomic mass is 10.1. The number of thioether (sulfide) groups is 1. The molecule has 6 nitrogen and oxygen atoms in total. The van der Waals surface area contributed by atoms with Crippen molar-refractivity contribution < 1.29 is 19.1 Å². The monoisotopic (exact) mass is 390 g/mol. The maximum atomic E-state index is 12.2. The molecule has 1 saturated heterocycles. The van der Waals surface area contributed by atoms with E-state index < -0.39 is 5.97 Å². The Hall–Kier alpha value is -3.58. The van der Waals surface area contributed by atoms with Gasteiger partial charge in [-0.05, 0) is 42.1 Å². The van der Waals surface area contributed by atoms with Gasteiger partial charge >= 0.3 is 5.97 Å². The first kappa shape index (κ1) is 17.8. The number of aromatic carboxylic acids is 1. The largest absolute Gasteiger partial charge is 0.478 e. The van der Waals surface area contributed by atoms with E-state index in [1.807, 2.05) is 30.3 Å². The van der Waals surface area contributed by atoms with E-state index in [1.54, 1.807) is 36.4 Å². The highest BCUT2D eigenvalue weighted by Crippen LogP contribution is 2.31. The molecule has 2 heterocycles. The van der Waals surface area contributed by atoms with Crippen LogP contribution in [-0.2, 0) is 4.79 Å². The van der Waals surface area contributed by atoms with Crippen LogP contribution < -0.4 is 5.32 Å². The predicted octanol–water partition coefficient (Wildman–Crippen LogP) is 4.54. The molecule has 2 aromatic carbocycles. The SMILES string of the molecule is O=C1NC(=Nc2ccccc2)S/C1=C\c1ccc(-c2ccccc2C(=O)O)o1. The number of carboxylic acids is 1. The summed E-state index contributed by atoms with van der Waals surface area (Å²) in [5.74, 6) is -0.414. The quantitative estimate of drug-likeness (QED) is 0.638. The number of amides is 1. The fourth-order valence-corrected chi connectivity index (χ4v) is 3.51. The molecule has 0 bridgehead atoms. The maximum Gasteiger partial charge on any atom is 0.336 e. The van der Waals surface area contributed by atoms with Crippen molar-refractivity contribution in [3.05, 3.63) is 83.0 Å². The summed E-state index contributed by atoms with van der Waals surface area (Å²) >= 11 is 1.22. The molecule has 1 aromatic heterocycles. The summed E-state index contributed by atoms with van der Waals surface area (Å²) < 4.78 is 5.75. The lowest BCUT2D eigenvalue weighted by molar-refractivity contribution is -0.115. The smallest absolute Gasteiger partial charge is 0.336 e. The molecule has 3 aromatic rings. The average Bonchev–Trinajstić information content (AvgIpc) is 3.29. The number of carbonyl (C=O) groups is 2. The van der Waals surface area contributed by atoms with Gasteiger partial charge < -0.3 is 14.8 Å². The topological polar surface area (TPSA) is 91.9 Å². The number of benzene rings is 2. The molecule has 0 spiro atoms. The van der Waals surface area contributed by atoms with Gasteiger partial charge in [-0.2, -0.15) is 0 Å². The van der Waals surface area contributed by atoms with E-state index in [-0.39, 0.29) is 11.5 Å². The third-order valence-electron chi connectivity index (χ3n) is 3.96. The number of nitrogens with zero attached hydrogens (tertiary/aromatic N) is 1. The standard InChI is InChI=1S/C21H14N2O4S/c24-19-18(28-21(23-19)22-13-6-2-1-3-7-13)12-14-10-11-17(27-14)15-8-4-5-9-16(15)20(25)26/h1-12H,(H,25,26)(H,22,23,24)/b18-12-. The van der Waals surface area contributed by atoms with Crippen LogP contribution in [0, 0.1) is 0 Å². The number of aliphatic imine (C=N–C) groups is 1. The van der Waals surface area contributed by atoms with Crippen molar-refractivity contribution >= 4 is 40.6 Å². The van der Waals surface area contributed by atoms with Gasteiger partial charge in [0.2, 0.25) is 0 Å². The Balaban J connectivity index is 1.59. The minimum Gasteiger partial charge on any atom is -0.478 e. The highest BCUT2D eigenvalue weighted by atomic mass is 32.2. The summed E-state index contributed by atoms with van der Waals surface area (Å²) in [7, 11) is 0. The van der Waals surface area contributed by atoms with Crippen molar-refractivity contribution in [2.24, 2.45) is 4.99 Å². The minimum atomic E-state index is -1.03. The molecular formula is C21H14N2O4S. The van der Waals surface area contributed by atoms with E-state index in [9.17, 15) is 14.7 Å². The third kappa shape index (κ3) is 3.74. The highest BCUT2D eigenvalue weighted by Gasteiger charge is 2.24. The van der Waals surface area contributed by atoms with Crippen LogP contribution in [0.25, 0.3) is 17.4 Å². The summed E-state index contributed by atoms with van der Waals surface area (Å²) in [5.41, 5.74) is 1.38. The van der Waals surface area contributed by atoms with Gasteiger partial charge in [0.1, 0.15) is 11.5 Å². The molecule has 0 radical (unpaired) electrons. The summed E-state index contributed by atoms with van der Waals surface area (Å²) in [6.45, 7) is 0. The summed E-state index contributed by atoms with van der Waals surface area (Å²) in [4.78, 5) is 28.4. The average molecular weight is 390 g/mol. The molecule has 1 aliphatic heterocycles. The fourth-order valence-electron chi connectivity index (χ4n) is 2.69. The lowest BCUT2D eigenvalue weighted by Gasteiger charge is -2.02. The zero-order valence-electron chi connectivity index (χ0n) is 14.5. The predicted molar refractivity (Wildman–Crippen MR) is 108 cm³/mol. The van der Waals surface area contributed by atoms with Gasteiger partial charge in [0.25, 0.3) is 5.91 Å². The van der Waals surface area contributed by atoms with Gasteiger partial charge in [0.15, 0.2) is 5.17 Å². The fraction of sp³-hybridized carbons (Fsp3) is 0. The van der Waals surface area contributed by atoms with Crippen molar-refractivity contribution in [3.63, 3.8) is 0 Å². The van der Waals surface area contributed by atoms with Crippen molar-refractivity contribution in [3.8, 4) is 11.3 Å². The zero-order valence-corrected chi connectivity index (χ0v) is 15.3. The van der Waals surface area contributed by atoms with Crippen molar-refractivity contribution in [1.29, 1.82) is 0 Å². The summed E-state index contributed by atoms with van der Waals surface area (Å²) in [6, 6.07) is 19.3. The van der Waals surface area contributed by atoms with E-state index in [2.05, 4.69) is 10.3 Å². The summed E-state index contributed by atoms with van der Waals surface area (Å²) in [6.07, 6.45) is 1.61. The van der Waals surface area contributed by atoms with Gasteiger partial charge in [-0.1, -0.05) is 36.4 Å². The third-order valence-corrected chi connectivity index (χ3v) is 4.87. The maximum absolute atomic E-state index is 12.2. The Kier molecular flexibility index (Phi) is 4.82. The van der Waals surface area contributed by atoms with Crippen LogP contribution in [0.3, 0.4) is 0 Å². The number of carbonyl (C=O) groups excluding carboxylic acids is 1. The number of nitrogens with one attached hydrogen (secondary N) is 1. The molecule has 1 aliphatic rings. The molecule has 28 heavy (non-hydrogen) atoms.